The first-order valence-corrected chi connectivity index (χ1v) is 6.85. The molecule has 2 aliphatic rings. The molecule has 5 N–H and O–H groups in total. The average Bonchev–Trinajstić information content (AvgIpc) is 2.81. The summed E-state index contributed by atoms with van der Waals surface area (Å²) in [4.78, 5) is 12.3. The van der Waals surface area contributed by atoms with Crippen LogP contribution in [0.3, 0.4) is 0 Å². The zero-order valence-corrected chi connectivity index (χ0v) is 11.4. The van der Waals surface area contributed by atoms with Gasteiger partial charge in [0.25, 0.3) is 0 Å². The van der Waals surface area contributed by atoms with Crippen LogP contribution in [0.4, 0.5) is 0 Å². The molecule has 3 unspecified atom stereocenters. The van der Waals surface area contributed by atoms with Gasteiger partial charge in [0, 0.05) is 24.5 Å². The van der Waals surface area contributed by atoms with Crippen LogP contribution in [0.2, 0.25) is 0 Å². The number of fused-ring (bicyclic) bond motifs is 1. The highest BCUT2D eigenvalue weighted by Crippen LogP contribution is 2.58. The summed E-state index contributed by atoms with van der Waals surface area (Å²) in [6.45, 7) is 6.09. The van der Waals surface area contributed by atoms with Gasteiger partial charge in [0.05, 0.1) is 6.10 Å². The van der Waals surface area contributed by atoms with Gasteiger partial charge in [-0.1, -0.05) is 13.8 Å². The number of carbonyl (C=O) groups is 1. The van der Waals surface area contributed by atoms with Crippen molar-refractivity contribution in [3.63, 3.8) is 0 Å². The van der Waals surface area contributed by atoms with Gasteiger partial charge in [-0.3, -0.25) is 4.79 Å². The molecule has 0 aromatic heterocycles. The molecule has 3 atom stereocenters. The van der Waals surface area contributed by atoms with Crippen LogP contribution in [0.5, 0.6) is 0 Å². The van der Waals surface area contributed by atoms with Gasteiger partial charge in [-0.2, -0.15) is 0 Å². The third kappa shape index (κ3) is 1.76. The van der Waals surface area contributed by atoms with Gasteiger partial charge >= 0.3 is 0 Å². The van der Waals surface area contributed by atoms with Gasteiger partial charge in [-0.15, -0.1) is 0 Å². The fourth-order valence-corrected chi connectivity index (χ4v) is 3.46. The van der Waals surface area contributed by atoms with Crippen LogP contribution in [-0.2, 0) is 9.53 Å². The minimum Gasteiger partial charge on any atom is -0.377 e. The minimum atomic E-state index is -0.781. The molecule has 18 heavy (non-hydrogen) atoms. The number of ether oxygens (including phenoxy) is 1. The summed E-state index contributed by atoms with van der Waals surface area (Å²) < 4.78 is 5.68. The summed E-state index contributed by atoms with van der Waals surface area (Å²) in [5, 5.41) is 2.95. The Morgan fingerprint density at radius 1 is 1.44 bits per heavy atom. The predicted octanol–water partition coefficient (Wildman–Crippen LogP) is -0.0161. The summed E-state index contributed by atoms with van der Waals surface area (Å²) in [5.74, 6) is 0.137. The fraction of sp³-hybridized carbons (Fsp3) is 0.923. The van der Waals surface area contributed by atoms with Crippen molar-refractivity contribution >= 4 is 5.91 Å². The molecule has 0 radical (unpaired) electrons. The SMILES string of the molecule is CC1(C)C2OCCC2C1(N)C(=O)NCCCCN. The molecular weight excluding hydrogens is 230 g/mol. The summed E-state index contributed by atoms with van der Waals surface area (Å²) in [6.07, 6.45) is 2.86. The number of nitrogens with one attached hydrogen (secondary N) is 1. The van der Waals surface area contributed by atoms with Crippen LogP contribution in [0.1, 0.15) is 33.1 Å². The number of nitrogens with two attached hydrogens (primary N) is 2. The summed E-state index contributed by atoms with van der Waals surface area (Å²) >= 11 is 0. The third-order valence-electron chi connectivity index (χ3n) is 4.75. The van der Waals surface area contributed by atoms with E-state index in [9.17, 15) is 4.79 Å². The van der Waals surface area contributed by atoms with Gasteiger partial charge in [-0.05, 0) is 25.8 Å². The molecule has 0 aromatic rings. The maximum absolute atomic E-state index is 12.3. The number of unbranched alkanes of at least 4 members (excludes halogenated alkanes) is 1. The zero-order valence-electron chi connectivity index (χ0n) is 11.4. The van der Waals surface area contributed by atoms with Crippen LogP contribution in [0.25, 0.3) is 0 Å². The van der Waals surface area contributed by atoms with E-state index in [4.69, 9.17) is 16.2 Å². The van der Waals surface area contributed by atoms with Crippen LogP contribution in [-0.4, -0.2) is 37.2 Å². The Hall–Kier alpha value is -0.650. The third-order valence-corrected chi connectivity index (χ3v) is 4.75. The van der Waals surface area contributed by atoms with Crippen molar-refractivity contribution in [2.75, 3.05) is 19.7 Å². The first-order valence-electron chi connectivity index (χ1n) is 6.85. The van der Waals surface area contributed by atoms with E-state index in [2.05, 4.69) is 5.32 Å². The van der Waals surface area contributed by atoms with Gasteiger partial charge in [-0.25, -0.2) is 0 Å². The first kappa shape index (κ1) is 13.8. The Labute approximate surface area is 109 Å². The highest BCUT2D eigenvalue weighted by Gasteiger charge is 2.71. The smallest absolute Gasteiger partial charge is 0.241 e. The quantitative estimate of drug-likeness (QED) is 0.602. The lowest BCUT2D eigenvalue weighted by molar-refractivity contribution is -0.175. The van der Waals surface area contributed by atoms with Gasteiger partial charge in [0.15, 0.2) is 0 Å². The second-order valence-electron chi connectivity index (χ2n) is 6.03. The molecular formula is C13H25N3O2. The van der Waals surface area contributed by atoms with E-state index < -0.39 is 5.54 Å². The van der Waals surface area contributed by atoms with E-state index >= 15 is 0 Å². The van der Waals surface area contributed by atoms with Crippen molar-refractivity contribution in [1.82, 2.24) is 5.32 Å². The monoisotopic (exact) mass is 255 g/mol. The summed E-state index contributed by atoms with van der Waals surface area (Å²) in [5.41, 5.74) is 10.8. The summed E-state index contributed by atoms with van der Waals surface area (Å²) in [7, 11) is 0. The fourth-order valence-electron chi connectivity index (χ4n) is 3.46. The van der Waals surface area contributed by atoms with Crippen molar-refractivity contribution in [3.8, 4) is 0 Å². The van der Waals surface area contributed by atoms with Crippen LogP contribution in [0, 0.1) is 11.3 Å². The maximum atomic E-state index is 12.3. The lowest BCUT2D eigenvalue weighted by atomic mass is 9.48. The number of carbonyl (C=O) groups excluding carboxylic acids is 1. The maximum Gasteiger partial charge on any atom is 0.241 e. The molecule has 0 aromatic carbocycles. The van der Waals surface area contributed by atoms with E-state index in [1.807, 2.05) is 13.8 Å². The highest BCUT2D eigenvalue weighted by atomic mass is 16.5. The largest absolute Gasteiger partial charge is 0.377 e. The van der Waals surface area contributed by atoms with Crippen LogP contribution >= 0.6 is 0 Å². The number of rotatable bonds is 5. The number of hydrogen-bond acceptors (Lipinski definition) is 4. The molecule has 1 saturated heterocycles. The zero-order chi connectivity index (χ0) is 13.4. The number of hydrogen-bond donors (Lipinski definition) is 3. The lowest BCUT2D eigenvalue weighted by Gasteiger charge is -2.60. The van der Waals surface area contributed by atoms with E-state index in [0.29, 0.717) is 13.1 Å². The molecule has 2 fully saturated rings. The Kier molecular flexibility index (Phi) is 3.67. The molecule has 0 spiro atoms. The molecule has 2 rings (SSSR count). The topological polar surface area (TPSA) is 90.4 Å². The van der Waals surface area contributed by atoms with Gasteiger partial charge in [0.1, 0.15) is 5.54 Å². The molecule has 5 heteroatoms. The van der Waals surface area contributed by atoms with E-state index in [0.717, 1.165) is 25.9 Å². The van der Waals surface area contributed by atoms with Crippen molar-refractivity contribution in [2.45, 2.75) is 44.8 Å². The average molecular weight is 255 g/mol. The molecule has 0 bridgehead atoms. The Bertz CT molecular complexity index is 332. The summed E-state index contributed by atoms with van der Waals surface area (Å²) in [6, 6.07) is 0. The Morgan fingerprint density at radius 3 is 2.83 bits per heavy atom. The molecule has 1 heterocycles. The normalized spacial score (nSPS) is 36.9. The van der Waals surface area contributed by atoms with Gasteiger partial charge in [0.2, 0.25) is 5.91 Å². The van der Waals surface area contributed by atoms with E-state index in [-0.39, 0.29) is 23.3 Å². The minimum absolute atomic E-state index is 0.0312. The Morgan fingerprint density at radius 2 is 2.17 bits per heavy atom. The standard InChI is InChI=1S/C13H25N3O2/c1-12(2)10-9(5-8-18-10)13(12,15)11(17)16-7-4-3-6-14/h9-10H,3-8,14-15H2,1-2H3,(H,16,17). The van der Waals surface area contributed by atoms with Crippen LogP contribution in [0.15, 0.2) is 0 Å². The Balaban J connectivity index is 1.96. The van der Waals surface area contributed by atoms with Crippen molar-refractivity contribution in [3.05, 3.63) is 0 Å². The van der Waals surface area contributed by atoms with Crippen molar-refractivity contribution in [2.24, 2.45) is 22.8 Å². The van der Waals surface area contributed by atoms with Crippen molar-refractivity contribution in [1.29, 1.82) is 0 Å². The highest BCUT2D eigenvalue weighted by molar-refractivity contribution is 5.89. The molecule has 5 nitrogen and oxygen atoms in total. The molecule has 1 aliphatic heterocycles. The molecule has 104 valence electrons. The first-order chi connectivity index (χ1) is 8.46. The predicted molar refractivity (Wildman–Crippen MR) is 69.8 cm³/mol. The van der Waals surface area contributed by atoms with Crippen LogP contribution < -0.4 is 16.8 Å². The molecule has 1 amide bonds. The van der Waals surface area contributed by atoms with E-state index in [1.54, 1.807) is 0 Å². The lowest BCUT2D eigenvalue weighted by Crippen LogP contribution is -2.80. The second kappa shape index (κ2) is 4.79. The van der Waals surface area contributed by atoms with Crippen molar-refractivity contribution < 1.29 is 9.53 Å². The number of amides is 1. The van der Waals surface area contributed by atoms with Gasteiger partial charge < -0.3 is 21.5 Å². The molecule has 1 saturated carbocycles. The second-order valence-corrected chi connectivity index (χ2v) is 6.03. The van der Waals surface area contributed by atoms with E-state index in [1.165, 1.54) is 0 Å². The molecule has 1 aliphatic carbocycles.